The SMILES string of the molecule is COc1cccc(-c2ncc(C)cc2Br)c1. The lowest BCUT2D eigenvalue weighted by Gasteiger charge is -2.06. The van der Waals surface area contributed by atoms with Crippen LogP contribution in [0.1, 0.15) is 5.56 Å². The highest BCUT2D eigenvalue weighted by Gasteiger charge is 2.05. The number of hydrogen-bond donors (Lipinski definition) is 0. The molecule has 0 aliphatic rings. The van der Waals surface area contributed by atoms with Crippen LogP contribution >= 0.6 is 15.9 Å². The van der Waals surface area contributed by atoms with Crippen molar-refractivity contribution < 1.29 is 4.74 Å². The minimum atomic E-state index is 0.840. The summed E-state index contributed by atoms with van der Waals surface area (Å²) in [6.45, 7) is 2.02. The Labute approximate surface area is 103 Å². The molecule has 0 spiro atoms. The van der Waals surface area contributed by atoms with Gasteiger partial charge in [0, 0.05) is 16.2 Å². The maximum Gasteiger partial charge on any atom is 0.119 e. The van der Waals surface area contributed by atoms with Crippen LogP contribution in [0.15, 0.2) is 41.0 Å². The van der Waals surface area contributed by atoms with Gasteiger partial charge in [0.15, 0.2) is 0 Å². The van der Waals surface area contributed by atoms with Crippen LogP contribution in [0.4, 0.5) is 0 Å². The summed E-state index contributed by atoms with van der Waals surface area (Å²) in [4.78, 5) is 4.42. The van der Waals surface area contributed by atoms with Crippen molar-refractivity contribution >= 4 is 15.9 Å². The van der Waals surface area contributed by atoms with Crippen LogP contribution in [0, 0.1) is 6.92 Å². The summed E-state index contributed by atoms with van der Waals surface area (Å²) in [5.41, 5.74) is 3.12. The Bertz CT molecular complexity index is 511. The molecule has 1 aromatic carbocycles. The molecule has 1 heterocycles. The monoisotopic (exact) mass is 277 g/mol. The van der Waals surface area contributed by atoms with Gasteiger partial charge in [0.1, 0.15) is 5.75 Å². The summed E-state index contributed by atoms with van der Waals surface area (Å²) in [5, 5.41) is 0. The molecule has 16 heavy (non-hydrogen) atoms. The van der Waals surface area contributed by atoms with Crippen LogP contribution in [0.3, 0.4) is 0 Å². The highest BCUT2D eigenvalue weighted by atomic mass is 79.9. The van der Waals surface area contributed by atoms with Crippen molar-refractivity contribution in [3.8, 4) is 17.0 Å². The highest BCUT2D eigenvalue weighted by molar-refractivity contribution is 9.10. The number of aryl methyl sites for hydroxylation is 1. The fourth-order valence-electron chi connectivity index (χ4n) is 1.52. The van der Waals surface area contributed by atoms with Gasteiger partial charge in [0.2, 0.25) is 0 Å². The number of pyridine rings is 1. The molecule has 0 fully saturated rings. The molecule has 3 heteroatoms. The van der Waals surface area contributed by atoms with Crippen LogP contribution in [0.25, 0.3) is 11.3 Å². The summed E-state index contributed by atoms with van der Waals surface area (Å²) in [6, 6.07) is 9.93. The molecule has 2 aromatic rings. The molecule has 1 aromatic heterocycles. The molecular weight excluding hydrogens is 266 g/mol. The van der Waals surface area contributed by atoms with Gasteiger partial charge in [-0.25, -0.2) is 0 Å². The quantitative estimate of drug-likeness (QED) is 0.833. The summed E-state index contributed by atoms with van der Waals surface area (Å²) < 4.78 is 6.20. The number of nitrogens with zero attached hydrogens (tertiary/aromatic N) is 1. The molecule has 0 N–H and O–H groups in total. The predicted molar refractivity (Wildman–Crippen MR) is 68.7 cm³/mol. The first-order valence-electron chi connectivity index (χ1n) is 4.97. The molecule has 0 amide bonds. The summed E-state index contributed by atoms with van der Waals surface area (Å²) >= 11 is 3.53. The second-order valence-electron chi connectivity index (χ2n) is 3.58. The average molecular weight is 278 g/mol. The maximum atomic E-state index is 5.20. The zero-order chi connectivity index (χ0) is 11.5. The lowest BCUT2D eigenvalue weighted by molar-refractivity contribution is 0.415. The molecule has 0 unspecified atom stereocenters. The lowest BCUT2D eigenvalue weighted by atomic mass is 10.1. The second-order valence-corrected chi connectivity index (χ2v) is 4.43. The van der Waals surface area contributed by atoms with Gasteiger partial charge in [-0.05, 0) is 46.6 Å². The Balaban J connectivity index is 2.49. The first-order chi connectivity index (χ1) is 7.70. The predicted octanol–water partition coefficient (Wildman–Crippen LogP) is 3.83. The first kappa shape index (κ1) is 11.1. The molecular formula is C13H12BrNO. The molecule has 0 bridgehead atoms. The highest BCUT2D eigenvalue weighted by Crippen LogP contribution is 2.28. The molecule has 0 saturated heterocycles. The van der Waals surface area contributed by atoms with Crippen LogP contribution in [0.5, 0.6) is 5.75 Å². The normalized spacial score (nSPS) is 10.2. The van der Waals surface area contributed by atoms with E-state index in [1.807, 2.05) is 37.4 Å². The second kappa shape index (κ2) is 4.66. The van der Waals surface area contributed by atoms with E-state index in [-0.39, 0.29) is 0 Å². The van der Waals surface area contributed by atoms with Crippen molar-refractivity contribution in [2.75, 3.05) is 7.11 Å². The van der Waals surface area contributed by atoms with Crippen molar-refractivity contribution in [1.82, 2.24) is 4.98 Å². The molecule has 0 atom stereocenters. The van der Waals surface area contributed by atoms with E-state index in [0.29, 0.717) is 0 Å². The Morgan fingerprint density at radius 3 is 2.75 bits per heavy atom. The van der Waals surface area contributed by atoms with Gasteiger partial charge in [-0.15, -0.1) is 0 Å². The third-order valence-corrected chi connectivity index (χ3v) is 2.93. The van der Waals surface area contributed by atoms with Crippen LogP contribution in [-0.2, 0) is 0 Å². The van der Waals surface area contributed by atoms with E-state index in [4.69, 9.17) is 4.74 Å². The first-order valence-corrected chi connectivity index (χ1v) is 5.76. The largest absolute Gasteiger partial charge is 0.497 e. The van der Waals surface area contributed by atoms with Crippen molar-refractivity contribution in [1.29, 1.82) is 0 Å². The molecule has 0 saturated carbocycles. The topological polar surface area (TPSA) is 22.1 Å². The Kier molecular flexibility index (Phi) is 3.25. The van der Waals surface area contributed by atoms with Gasteiger partial charge < -0.3 is 4.74 Å². The summed E-state index contributed by atoms with van der Waals surface area (Å²) in [7, 11) is 1.66. The van der Waals surface area contributed by atoms with Gasteiger partial charge in [-0.2, -0.15) is 0 Å². The van der Waals surface area contributed by atoms with Crippen molar-refractivity contribution in [3.63, 3.8) is 0 Å². The van der Waals surface area contributed by atoms with Crippen molar-refractivity contribution in [2.45, 2.75) is 6.92 Å². The third-order valence-electron chi connectivity index (χ3n) is 2.32. The minimum absolute atomic E-state index is 0.840. The average Bonchev–Trinajstić information content (AvgIpc) is 2.29. The number of hydrogen-bond acceptors (Lipinski definition) is 2. The zero-order valence-electron chi connectivity index (χ0n) is 9.20. The molecule has 0 aliphatic heterocycles. The van der Waals surface area contributed by atoms with Crippen LogP contribution < -0.4 is 4.74 Å². The van der Waals surface area contributed by atoms with Gasteiger partial charge in [-0.1, -0.05) is 12.1 Å². The van der Waals surface area contributed by atoms with E-state index in [1.54, 1.807) is 7.11 Å². The number of aromatic nitrogens is 1. The summed E-state index contributed by atoms with van der Waals surface area (Å²) in [5.74, 6) is 0.840. The third kappa shape index (κ3) is 2.25. The minimum Gasteiger partial charge on any atom is -0.497 e. The molecule has 0 aliphatic carbocycles. The number of benzene rings is 1. The van der Waals surface area contributed by atoms with Gasteiger partial charge in [0.05, 0.1) is 12.8 Å². The van der Waals surface area contributed by atoms with E-state index >= 15 is 0 Å². The van der Waals surface area contributed by atoms with Crippen molar-refractivity contribution in [3.05, 3.63) is 46.6 Å². The molecule has 82 valence electrons. The fraction of sp³-hybridized carbons (Fsp3) is 0.154. The van der Waals surface area contributed by atoms with E-state index in [2.05, 4.69) is 27.0 Å². The standard InChI is InChI=1S/C13H12BrNO/c1-9-6-12(14)13(15-8-9)10-4-3-5-11(7-10)16-2/h3-8H,1-2H3. The number of methoxy groups -OCH3 is 1. The molecule has 0 radical (unpaired) electrons. The Morgan fingerprint density at radius 1 is 1.25 bits per heavy atom. The lowest BCUT2D eigenvalue weighted by Crippen LogP contribution is -1.88. The molecule has 2 rings (SSSR count). The van der Waals surface area contributed by atoms with Gasteiger partial charge in [-0.3, -0.25) is 4.98 Å². The smallest absolute Gasteiger partial charge is 0.119 e. The number of rotatable bonds is 2. The van der Waals surface area contributed by atoms with Gasteiger partial charge >= 0.3 is 0 Å². The number of halogens is 1. The summed E-state index contributed by atoms with van der Waals surface area (Å²) in [6.07, 6.45) is 1.86. The maximum absolute atomic E-state index is 5.20. The van der Waals surface area contributed by atoms with E-state index in [0.717, 1.165) is 27.0 Å². The number of ether oxygens (including phenoxy) is 1. The van der Waals surface area contributed by atoms with Crippen LogP contribution in [-0.4, -0.2) is 12.1 Å². The van der Waals surface area contributed by atoms with E-state index in [1.165, 1.54) is 0 Å². The van der Waals surface area contributed by atoms with Crippen LogP contribution in [0.2, 0.25) is 0 Å². The molecule has 2 nitrogen and oxygen atoms in total. The van der Waals surface area contributed by atoms with E-state index < -0.39 is 0 Å². The van der Waals surface area contributed by atoms with E-state index in [9.17, 15) is 0 Å². The zero-order valence-corrected chi connectivity index (χ0v) is 10.8. The Morgan fingerprint density at radius 2 is 2.06 bits per heavy atom. The van der Waals surface area contributed by atoms with Gasteiger partial charge in [0.25, 0.3) is 0 Å². The fourth-order valence-corrected chi connectivity index (χ4v) is 2.21. The van der Waals surface area contributed by atoms with Crippen molar-refractivity contribution in [2.24, 2.45) is 0 Å². The Hall–Kier alpha value is -1.35.